The Morgan fingerprint density at radius 2 is 1.12 bits per heavy atom. The standard InChI is InChI=1S/C46H30N2S/c1-3-13-31(14-4-1)33-16-11-19-35(29-33)47(36-26-27-40-44(30-36)49-43-28-25-32-15-7-8-20-37(32)45(40)43)42-24-12-22-39-38-21-9-10-23-41(38)48(46(39)42)34-17-5-2-6-18-34/h1-30H. The van der Waals surface area contributed by atoms with Gasteiger partial charge in [0, 0.05) is 48.0 Å². The molecule has 0 spiro atoms. The lowest BCUT2D eigenvalue weighted by atomic mass is 10.0. The maximum Gasteiger partial charge on any atom is 0.0782 e. The number of thiophene rings is 1. The number of nitrogens with zero attached hydrogens (tertiary/aromatic N) is 2. The smallest absolute Gasteiger partial charge is 0.0782 e. The monoisotopic (exact) mass is 642 g/mol. The van der Waals surface area contributed by atoms with Crippen molar-refractivity contribution in [2.24, 2.45) is 0 Å². The Hall–Kier alpha value is -6.16. The second kappa shape index (κ2) is 11.2. The summed E-state index contributed by atoms with van der Waals surface area (Å²) >= 11 is 1.87. The minimum Gasteiger partial charge on any atom is -0.308 e. The number of fused-ring (bicyclic) bond motifs is 8. The van der Waals surface area contributed by atoms with Crippen LogP contribution in [0.25, 0.3) is 69.6 Å². The van der Waals surface area contributed by atoms with E-state index in [2.05, 4.69) is 191 Å². The number of hydrogen-bond donors (Lipinski definition) is 0. The molecule has 0 N–H and O–H groups in total. The Labute approximate surface area is 288 Å². The quantitative estimate of drug-likeness (QED) is 0.181. The van der Waals surface area contributed by atoms with Gasteiger partial charge in [0.1, 0.15) is 0 Å². The molecule has 0 amide bonds. The molecule has 2 heterocycles. The van der Waals surface area contributed by atoms with E-state index in [4.69, 9.17) is 0 Å². The number of aromatic nitrogens is 1. The molecule has 3 heteroatoms. The first kappa shape index (κ1) is 27.9. The van der Waals surface area contributed by atoms with E-state index >= 15 is 0 Å². The van der Waals surface area contributed by atoms with E-state index in [0.29, 0.717) is 0 Å². The van der Waals surface area contributed by atoms with Gasteiger partial charge >= 0.3 is 0 Å². The van der Waals surface area contributed by atoms with Gasteiger partial charge in [0.25, 0.3) is 0 Å². The zero-order chi connectivity index (χ0) is 32.3. The summed E-state index contributed by atoms with van der Waals surface area (Å²) in [4.78, 5) is 2.45. The maximum atomic E-state index is 2.45. The Bertz CT molecular complexity index is 2830. The fraction of sp³-hybridized carbons (Fsp3) is 0. The summed E-state index contributed by atoms with van der Waals surface area (Å²) in [6.45, 7) is 0. The predicted octanol–water partition coefficient (Wildman–Crippen LogP) is 13.4. The molecule has 0 aliphatic heterocycles. The second-order valence-corrected chi connectivity index (χ2v) is 13.6. The summed E-state index contributed by atoms with van der Waals surface area (Å²) in [7, 11) is 0. The molecule has 2 aromatic heterocycles. The topological polar surface area (TPSA) is 8.17 Å². The Morgan fingerprint density at radius 1 is 0.429 bits per heavy atom. The molecule has 10 aromatic rings. The van der Waals surface area contributed by atoms with Crippen molar-refractivity contribution >= 4 is 81.1 Å². The first-order valence-electron chi connectivity index (χ1n) is 16.7. The number of hydrogen-bond acceptors (Lipinski definition) is 2. The fourth-order valence-corrected chi connectivity index (χ4v) is 8.74. The molecular formula is C46H30N2S. The summed E-state index contributed by atoms with van der Waals surface area (Å²) in [5, 5.41) is 7.70. The summed E-state index contributed by atoms with van der Waals surface area (Å²) in [5.74, 6) is 0. The van der Waals surface area contributed by atoms with Crippen LogP contribution in [0.5, 0.6) is 0 Å². The lowest BCUT2D eigenvalue weighted by Gasteiger charge is -2.27. The number of benzene rings is 8. The zero-order valence-corrected chi connectivity index (χ0v) is 27.4. The first-order chi connectivity index (χ1) is 24.3. The van der Waals surface area contributed by atoms with Gasteiger partial charge in [-0.3, -0.25) is 0 Å². The fourth-order valence-electron chi connectivity index (χ4n) is 7.58. The molecule has 0 aliphatic rings. The van der Waals surface area contributed by atoms with E-state index in [-0.39, 0.29) is 0 Å². The van der Waals surface area contributed by atoms with Gasteiger partial charge in [0.05, 0.1) is 16.7 Å². The summed E-state index contributed by atoms with van der Waals surface area (Å²) < 4.78 is 5.02. The van der Waals surface area contributed by atoms with Gasteiger partial charge < -0.3 is 9.47 Å². The molecule has 0 saturated carbocycles. The first-order valence-corrected chi connectivity index (χ1v) is 17.5. The van der Waals surface area contributed by atoms with Crippen molar-refractivity contribution in [2.75, 3.05) is 4.90 Å². The van der Waals surface area contributed by atoms with E-state index in [1.165, 1.54) is 63.9 Å². The molecule has 0 radical (unpaired) electrons. The summed E-state index contributed by atoms with van der Waals surface area (Å²) in [6.07, 6.45) is 0. The second-order valence-electron chi connectivity index (χ2n) is 12.6. The highest BCUT2D eigenvalue weighted by atomic mass is 32.1. The van der Waals surface area contributed by atoms with Gasteiger partial charge in [-0.1, -0.05) is 127 Å². The van der Waals surface area contributed by atoms with E-state index < -0.39 is 0 Å². The van der Waals surface area contributed by atoms with Crippen molar-refractivity contribution in [3.63, 3.8) is 0 Å². The molecule has 230 valence electrons. The maximum absolute atomic E-state index is 2.45. The van der Waals surface area contributed by atoms with Gasteiger partial charge in [-0.25, -0.2) is 0 Å². The van der Waals surface area contributed by atoms with Gasteiger partial charge in [-0.2, -0.15) is 0 Å². The SMILES string of the molecule is c1ccc(-c2cccc(N(c3ccc4c(c3)sc3ccc5ccccc5c34)c3cccc4c5ccccc5n(-c5ccccc5)c34)c2)cc1. The number of anilines is 3. The van der Waals surface area contributed by atoms with Crippen LogP contribution in [-0.2, 0) is 0 Å². The van der Waals surface area contributed by atoms with Gasteiger partial charge in [0.2, 0.25) is 0 Å². The summed E-state index contributed by atoms with van der Waals surface area (Å²) in [6, 6.07) is 66.2. The van der Waals surface area contributed by atoms with Crippen molar-refractivity contribution in [3.05, 3.63) is 182 Å². The van der Waals surface area contributed by atoms with Crippen molar-refractivity contribution in [1.29, 1.82) is 0 Å². The molecule has 0 aliphatic carbocycles. The van der Waals surface area contributed by atoms with Crippen LogP contribution >= 0.6 is 11.3 Å². The normalized spacial score (nSPS) is 11.7. The molecule has 0 saturated heterocycles. The molecule has 0 atom stereocenters. The van der Waals surface area contributed by atoms with Crippen LogP contribution < -0.4 is 4.90 Å². The van der Waals surface area contributed by atoms with Crippen molar-refractivity contribution in [1.82, 2.24) is 4.57 Å². The minimum atomic E-state index is 1.12. The zero-order valence-electron chi connectivity index (χ0n) is 26.6. The molecule has 8 aromatic carbocycles. The largest absolute Gasteiger partial charge is 0.308 e. The average molecular weight is 643 g/mol. The van der Waals surface area contributed by atoms with E-state index in [9.17, 15) is 0 Å². The van der Waals surface area contributed by atoms with Crippen LogP contribution in [0.15, 0.2) is 182 Å². The Balaban J connectivity index is 1.28. The highest BCUT2D eigenvalue weighted by Crippen LogP contribution is 2.46. The average Bonchev–Trinajstić information content (AvgIpc) is 3.72. The van der Waals surface area contributed by atoms with Crippen LogP contribution in [-0.4, -0.2) is 4.57 Å². The van der Waals surface area contributed by atoms with Gasteiger partial charge in [0.15, 0.2) is 0 Å². The lowest BCUT2D eigenvalue weighted by Crippen LogP contribution is -2.11. The van der Waals surface area contributed by atoms with E-state index in [1.807, 2.05) is 11.3 Å². The third kappa shape index (κ3) is 4.47. The van der Waals surface area contributed by atoms with E-state index in [0.717, 1.165) is 22.7 Å². The molecule has 10 rings (SSSR count). The van der Waals surface area contributed by atoms with Crippen molar-refractivity contribution < 1.29 is 0 Å². The highest BCUT2D eigenvalue weighted by molar-refractivity contribution is 7.26. The van der Waals surface area contributed by atoms with Crippen molar-refractivity contribution in [3.8, 4) is 16.8 Å². The number of para-hydroxylation sites is 3. The Morgan fingerprint density at radius 3 is 2.00 bits per heavy atom. The van der Waals surface area contributed by atoms with Crippen LogP contribution in [0.1, 0.15) is 0 Å². The lowest BCUT2D eigenvalue weighted by molar-refractivity contribution is 1.17. The predicted molar refractivity (Wildman–Crippen MR) is 211 cm³/mol. The molecule has 0 unspecified atom stereocenters. The molecule has 0 bridgehead atoms. The highest BCUT2D eigenvalue weighted by Gasteiger charge is 2.22. The number of rotatable bonds is 5. The molecule has 49 heavy (non-hydrogen) atoms. The van der Waals surface area contributed by atoms with Crippen LogP contribution in [0, 0.1) is 0 Å². The third-order valence-electron chi connectivity index (χ3n) is 9.74. The van der Waals surface area contributed by atoms with E-state index in [1.54, 1.807) is 0 Å². The molecule has 2 nitrogen and oxygen atoms in total. The third-order valence-corrected chi connectivity index (χ3v) is 10.9. The van der Waals surface area contributed by atoms with Crippen LogP contribution in [0.3, 0.4) is 0 Å². The Kier molecular flexibility index (Phi) is 6.39. The molecular weight excluding hydrogens is 613 g/mol. The minimum absolute atomic E-state index is 1.12. The van der Waals surface area contributed by atoms with Gasteiger partial charge in [-0.15, -0.1) is 11.3 Å². The van der Waals surface area contributed by atoms with Crippen LogP contribution in [0.4, 0.5) is 17.1 Å². The van der Waals surface area contributed by atoms with Crippen molar-refractivity contribution in [2.45, 2.75) is 0 Å². The molecule has 0 fully saturated rings. The van der Waals surface area contributed by atoms with Crippen LogP contribution in [0.2, 0.25) is 0 Å². The summed E-state index contributed by atoms with van der Waals surface area (Å²) in [5.41, 5.74) is 9.29. The van der Waals surface area contributed by atoms with Gasteiger partial charge in [-0.05, 0) is 76.5 Å².